The van der Waals surface area contributed by atoms with Gasteiger partial charge in [-0.05, 0) is 95.2 Å². The fraction of sp³-hybridized carbons (Fsp3) is 0.115. The van der Waals surface area contributed by atoms with E-state index in [1.54, 1.807) is 0 Å². The predicted molar refractivity (Wildman–Crippen MR) is 233 cm³/mol. The van der Waals surface area contributed by atoms with Crippen molar-refractivity contribution in [1.29, 1.82) is 0 Å². The predicted octanol–water partition coefficient (Wildman–Crippen LogP) is 11.4. The second-order valence-corrected chi connectivity index (χ2v) is 15.4. The molecule has 57 heavy (non-hydrogen) atoms. The number of thiol groups is 1. The highest BCUT2D eigenvalue weighted by atomic mass is 32.1. The summed E-state index contributed by atoms with van der Waals surface area (Å²) in [6, 6.07) is 64.6. The minimum absolute atomic E-state index is 0.589. The fourth-order valence-corrected chi connectivity index (χ4v) is 8.92. The molecule has 0 aliphatic carbocycles. The van der Waals surface area contributed by atoms with E-state index < -0.39 is 29.7 Å². The Morgan fingerprint density at radius 1 is 0.386 bits per heavy atom. The molecule has 2 atom stereocenters. The highest BCUT2D eigenvalue weighted by molar-refractivity contribution is 7.79. The third kappa shape index (κ3) is 6.11. The first kappa shape index (κ1) is 35.6. The van der Waals surface area contributed by atoms with E-state index in [9.17, 15) is 10.2 Å². The van der Waals surface area contributed by atoms with E-state index in [4.69, 9.17) is 9.47 Å². The molecule has 0 aromatic heterocycles. The second kappa shape index (κ2) is 14.3. The van der Waals surface area contributed by atoms with Crippen LogP contribution in [0.25, 0.3) is 43.1 Å². The van der Waals surface area contributed by atoms with Crippen molar-refractivity contribution >= 4 is 55.7 Å². The third-order valence-electron chi connectivity index (χ3n) is 11.8. The highest BCUT2D eigenvalue weighted by Crippen LogP contribution is 2.52. The highest BCUT2D eigenvalue weighted by Gasteiger charge is 2.60. The lowest BCUT2D eigenvalue weighted by Crippen LogP contribution is -2.55. The van der Waals surface area contributed by atoms with Gasteiger partial charge in [0.15, 0.2) is 6.29 Å². The van der Waals surface area contributed by atoms with Crippen molar-refractivity contribution in [1.82, 2.24) is 0 Å². The van der Waals surface area contributed by atoms with E-state index in [1.807, 2.05) is 146 Å². The van der Waals surface area contributed by atoms with E-state index >= 15 is 0 Å². The van der Waals surface area contributed by atoms with Crippen LogP contribution in [-0.4, -0.2) is 22.4 Å². The van der Waals surface area contributed by atoms with Gasteiger partial charge in [0.2, 0.25) is 0 Å². The van der Waals surface area contributed by atoms with E-state index in [0.29, 0.717) is 28.0 Å². The largest absolute Gasteiger partial charge is 0.378 e. The molecule has 0 amide bonds. The summed E-state index contributed by atoms with van der Waals surface area (Å²) in [7, 11) is 0. The summed E-state index contributed by atoms with van der Waals surface area (Å²) in [5.41, 5.74) is 0.690. The third-order valence-corrected chi connectivity index (χ3v) is 12.2. The van der Waals surface area contributed by atoms with Crippen LogP contribution in [0.4, 0.5) is 0 Å². The van der Waals surface area contributed by atoms with Crippen LogP contribution in [0.5, 0.6) is 0 Å². The van der Waals surface area contributed by atoms with Crippen molar-refractivity contribution in [3.05, 3.63) is 228 Å². The molecule has 2 N–H and O–H groups in total. The van der Waals surface area contributed by atoms with Crippen molar-refractivity contribution in [2.45, 2.75) is 35.5 Å². The molecule has 9 aromatic carbocycles. The van der Waals surface area contributed by atoms with Crippen LogP contribution in [0.2, 0.25) is 0 Å². The Morgan fingerprint density at radius 2 is 0.684 bits per heavy atom. The van der Waals surface area contributed by atoms with Crippen LogP contribution in [0.15, 0.2) is 194 Å². The van der Waals surface area contributed by atoms with Crippen molar-refractivity contribution in [3.63, 3.8) is 0 Å². The van der Waals surface area contributed by atoms with Gasteiger partial charge in [-0.2, -0.15) is 12.6 Å². The maximum atomic E-state index is 14.0. The zero-order valence-electron chi connectivity index (χ0n) is 31.1. The van der Waals surface area contributed by atoms with Crippen LogP contribution < -0.4 is 0 Å². The van der Waals surface area contributed by atoms with Crippen LogP contribution in [0.3, 0.4) is 0 Å². The molecule has 1 aliphatic heterocycles. The Morgan fingerprint density at radius 3 is 0.982 bits per heavy atom. The summed E-state index contributed by atoms with van der Waals surface area (Å²) in [6.45, 7) is 0. The van der Waals surface area contributed by atoms with Gasteiger partial charge in [0.25, 0.3) is 0 Å². The van der Waals surface area contributed by atoms with Gasteiger partial charge in [0, 0.05) is 11.3 Å². The van der Waals surface area contributed by atoms with Gasteiger partial charge in [0.05, 0.1) is 0 Å². The Hall–Kier alpha value is -5.79. The molecule has 1 aliphatic rings. The van der Waals surface area contributed by atoms with Gasteiger partial charge in [-0.3, -0.25) is 0 Å². The molecule has 0 saturated carbocycles. The van der Waals surface area contributed by atoms with E-state index in [2.05, 4.69) is 61.2 Å². The molecular weight excluding hydrogens is 721 g/mol. The zero-order chi connectivity index (χ0) is 38.6. The van der Waals surface area contributed by atoms with Crippen LogP contribution >= 0.6 is 12.6 Å². The molecule has 1 fully saturated rings. The monoisotopic (exact) mass is 760 g/mol. The van der Waals surface area contributed by atoms with E-state index in [-0.39, 0.29) is 0 Å². The lowest BCUT2D eigenvalue weighted by Gasteiger charge is -2.43. The molecular formula is C52H40O4S. The molecule has 0 bridgehead atoms. The molecule has 10 rings (SSSR count). The minimum atomic E-state index is -1.82. The van der Waals surface area contributed by atoms with Crippen molar-refractivity contribution in [3.8, 4) is 0 Å². The van der Waals surface area contributed by atoms with Gasteiger partial charge >= 0.3 is 0 Å². The molecule has 0 spiro atoms. The van der Waals surface area contributed by atoms with Crippen LogP contribution in [-0.2, 0) is 26.4 Å². The maximum Gasteiger partial charge on any atom is 0.185 e. The molecule has 0 radical (unpaired) electrons. The number of benzene rings is 9. The lowest BCUT2D eigenvalue weighted by molar-refractivity contribution is -0.110. The summed E-state index contributed by atoms with van der Waals surface area (Å²) in [5.74, 6) is 0.589. The van der Waals surface area contributed by atoms with Gasteiger partial charge in [0.1, 0.15) is 23.4 Å². The molecule has 278 valence electrons. The maximum absolute atomic E-state index is 14.0. The average Bonchev–Trinajstić information content (AvgIpc) is 3.74. The Bertz CT molecular complexity index is 2590. The van der Waals surface area contributed by atoms with Crippen molar-refractivity contribution < 1.29 is 19.7 Å². The molecule has 1 heterocycles. The first-order valence-electron chi connectivity index (χ1n) is 19.3. The Kier molecular flexibility index (Phi) is 8.93. The van der Waals surface area contributed by atoms with Crippen LogP contribution in [0, 0.1) is 0 Å². The number of rotatable bonds is 8. The summed E-state index contributed by atoms with van der Waals surface area (Å²) >= 11 is 4.49. The van der Waals surface area contributed by atoms with Gasteiger partial charge in [-0.15, -0.1) is 0 Å². The van der Waals surface area contributed by atoms with Crippen LogP contribution in [0.1, 0.15) is 39.7 Å². The minimum Gasteiger partial charge on any atom is -0.378 e. The van der Waals surface area contributed by atoms with Gasteiger partial charge < -0.3 is 19.7 Å². The van der Waals surface area contributed by atoms with E-state index in [1.165, 1.54) is 0 Å². The molecule has 5 heteroatoms. The summed E-state index contributed by atoms with van der Waals surface area (Å²) in [6.07, 6.45) is -3.18. The van der Waals surface area contributed by atoms with Crippen molar-refractivity contribution in [2.24, 2.45) is 0 Å². The summed E-state index contributed by atoms with van der Waals surface area (Å²) in [4.78, 5) is 0. The second-order valence-electron chi connectivity index (χ2n) is 15.1. The SMILES string of the molecule is OC(c1ccc2ccccc2c1)(c1ccc2ccccc2c1)[C@@H]1OC(c2ccc(CS)cc2)O[C@H]1C(O)(c1ccc2ccccc2c1)c1ccc2ccccc2c1. The lowest BCUT2D eigenvalue weighted by atomic mass is 9.71. The normalized spacial score (nSPS) is 16.5. The molecule has 9 aromatic rings. The van der Waals surface area contributed by atoms with Gasteiger partial charge in [-0.1, -0.05) is 170 Å². The first-order valence-corrected chi connectivity index (χ1v) is 20.0. The summed E-state index contributed by atoms with van der Waals surface area (Å²) in [5, 5.41) is 36.0. The molecule has 0 unspecified atom stereocenters. The topological polar surface area (TPSA) is 58.9 Å². The molecule has 4 nitrogen and oxygen atoms in total. The van der Waals surface area contributed by atoms with Crippen molar-refractivity contribution in [2.75, 3.05) is 0 Å². The zero-order valence-corrected chi connectivity index (χ0v) is 32.0. The summed E-state index contributed by atoms with van der Waals surface area (Å²) < 4.78 is 14.3. The number of ether oxygens (including phenoxy) is 2. The first-order chi connectivity index (χ1) is 27.9. The number of fused-ring (bicyclic) bond motifs is 4. The Balaban J connectivity index is 1.25. The van der Waals surface area contributed by atoms with E-state index in [0.717, 1.165) is 54.2 Å². The molecule has 1 saturated heterocycles. The number of hydrogen-bond acceptors (Lipinski definition) is 5. The average molecular weight is 761 g/mol. The standard InChI is InChI=1S/C52H40O4S/c53-51(44-25-21-35-9-1-5-13-40(35)29-44,45-26-22-36-10-2-6-14-41(36)30-45)48-49(56-50(55-48)39-19-17-34(33-57)18-20-39)52(54,46-27-23-37-11-3-7-15-42(37)31-46)47-28-24-38-12-4-8-16-43(38)32-47/h1-32,48-50,53-54,57H,33H2/t48-,49-/m1/s1. The number of aliphatic hydroxyl groups is 2. The smallest absolute Gasteiger partial charge is 0.185 e. The number of hydrogen-bond donors (Lipinski definition) is 3. The van der Waals surface area contributed by atoms with Gasteiger partial charge in [-0.25, -0.2) is 0 Å². The fourth-order valence-electron chi connectivity index (χ4n) is 8.71. The quantitative estimate of drug-likeness (QED) is 0.135. The Labute approximate surface area is 337 Å².